The third kappa shape index (κ3) is 2.92. The summed E-state index contributed by atoms with van der Waals surface area (Å²) in [6.07, 6.45) is 1.65. The molecule has 0 aromatic heterocycles. The summed E-state index contributed by atoms with van der Waals surface area (Å²) < 4.78 is 13.6. The van der Waals surface area contributed by atoms with E-state index in [-0.39, 0.29) is 5.91 Å². The molecule has 0 unspecified atom stereocenters. The van der Waals surface area contributed by atoms with Crippen molar-refractivity contribution in [3.8, 4) is 0 Å². The van der Waals surface area contributed by atoms with Crippen molar-refractivity contribution < 1.29 is 9.18 Å². The highest BCUT2D eigenvalue weighted by Crippen LogP contribution is 2.17. The van der Waals surface area contributed by atoms with Crippen LogP contribution in [0, 0.1) is 5.82 Å². The number of hydrogen-bond acceptors (Lipinski definition) is 1. The maximum absolute atomic E-state index is 13.3. The minimum Gasteiger partial charge on any atom is -0.335 e. The van der Waals surface area contributed by atoms with Crippen molar-refractivity contribution in [1.82, 2.24) is 4.90 Å². The van der Waals surface area contributed by atoms with Crippen molar-refractivity contribution in [2.75, 3.05) is 13.1 Å². The molecule has 0 aliphatic rings. The van der Waals surface area contributed by atoms with Gasteiger partial charge in [0.1, 0.15) is 5.82 Å². The highest BCUT2D eigenvalue weighted by atomic mass is 79.9. The molecule has 0 atom stereocenters. The molecule has 0 spiro atoms. The van der Waals surface area contributed by atoms with E-state index in [2.05, 4.69) is 22.5 Å². The number of halogens is 2. The molecular formula is C12H13BrFNO. The third-order valence-corrected chi connectivity index (χ3v) is 2.83. The lowest BCUT2D eigenvalue weighted by atomic mass is 10.2. The van der Waals surface area contributed by atoms with Crippen LogP contribution in [0.15, 0.2) is 35.3 Å². The Bertz CT molecular complexity index is 406. The Morgan fingerprint density at radius 1 is 1.62 bits per heavy atom. The van der Waals surface area contributed by atoms with Gasteiger partial charge in [0.2, 0.25) is 0 Å². The largest absolute Gasteiger partial charge is 0.335 e. The Hall–Kier alpha value is -1.16. The van der Waals surface area contributed by atoms with Gasteiger partial charge in [-0.15, -0.1) is 6.58 Å². The van der Waals surface area contributed by atoms with Crippen LogP contribution < -0.4 is 0 Å². The molecule has 0 aliphatic carbocycles. The van der Waals surface area contributed by atoms with E-state index in [0.717, 1.165) is 0 Å². The monoisotopic (exact) mass is 285 g/mol. The van der Waals surface area contributed by atoms with Gasteiger partial charge in [0.05, 0.1) is 4.47 Å². The molecule has 0 heterocycles. The first-order valence-electron chi connectivity index (χ1n) is 4.95. The Balaban J connectivity index is 2.94. The summed E-state index contributed by atoms with van der Waals surface area (Å²) >= 11 is 3.05. The van der Waals surface area contributed by atoms with Crippen molar-refractivity contribution >= 4 is 21.8 Å². The van der Waals surface area contributed by atoms with Gasteiger partial charge in [0, 0.05) is 18.7 Å². The number of likely N-dealkylation sites (N-methyl/N-ethyl adjacent to an activating group) is 1. The number of carbonyl (C=O) groups excluding carboxylic acids is 1. The van der Waals surface area contributed by atoms with Crippen LogP contribution in [0.1, 0.15) is 17.3 Å². The first-order valence-corrected chi connectivity index (χ1v) is 5.74. The molecule has 4 heteroatoms. The predicted molar refractivity (Wildman–Crippen MR) is 65.9 cm³/mol. The Morgan fingerprint density at radius 2 is 2.31 bits per heavy atom. The minimum absolute atomic E-state index is 0.186. The molecule has 0 fully saturated rings. The maximum Gasteiger partial charge on any atom is 0.254 e. The second-order valence-corrected chi connectivity index (χ2v) is 4.12. The highest BCUT2D eigenvalue weighted by molar-refractivity contribution is 9.10. The molecule has 1 amide bonds. The first-order chi connectivity index (χ1) is 7.60. The van der Waals surface area contributed by atoms with Crippen LogP contribution in [0.5, 0.6) is 0 Å². The molecule has 16 heavy (non-hydrogen) atoms. The Kier molecular flexibility index (Phi) is 4.68. The predicted octanol–water partition coefficient (Wildman–Crippen LogP) is 3.24. The first kappa shape index (κ1) is 12.9. The standard InChI is InChI=1S/C12H13BrFNO/c1-3-7-15(4-2)12(16)9-5-6-10(13)11(14)8-9/h3,5-6,8H,1,4,7H2,2H3. The number of nitrogens with zero attached hydrogens (tertiary/aromatic N) is 1. The van der Waals surface area contributed by atoms with Gasteiger partial charge in [-0.05, 0) is 41.1 Å². The molecule has 86 valence electrons. The molecular weight excluding hydrogens is 273 g/mol. The summed E-state index contributed by atoms with van der Waals surface area (Å²) in [6, 6.07) is 4.36. The van der Waals surface area contributed by atoms with E-state index in [1.165, 1.54) is 12.1 Å². The molecule has 0 radical (unpaired) electrons. The van der Waals surface area contributed by atoms with E-state index in [4.69, 9.17) is 0 Å². The van der Waals surface area contributed by atoms with Gasteiger partial charge in [-0.3, -0.25) is 4.79 Å². The van der Waals surface area contributed by atoms with E-state index in [0.29, 0.717) is 23.1 Å². The van der Waals surface area contributed by atoms with E-state index < -0.39 is 5.82 Å². The van der Waals surface area contributed by atoms with Crippen LogP contribution in [-0.2, 0) is 0 Å². The number of hydrogen-bond donors (Lipinski definition) is 0. The zero-order chi connectivity index (χ0) is 12.1. The molecule has 0 N–H and O–H groups in total. The number of benzene rings is 1. The lowest BCUT2D eigenvalue weighted by Crippen LogP contribution is -2.30. The molecule has 1 aromatic rings. The Labute approximate surface area is 103 Å². The molecule has 0 saturated heterocycles. The van der Waals surface area contributed by atoms with Gasteiger partial charge in [0.25, 0.3) is 5.91 Å². The van der Waals surface area contributed by atoms with Gasteiger partial charge in [-0.25, -0.2) is 4.39 Å². The maximum atomic E-state index is 13.3. The van der Waals surface area contributed by atoms with Crippen LogP contribution in [0.25, 0.3) is 0 Å². The lowest BCUT2D eigenvalue weighted by molar-refractivity contribution is 0.0781. The summed E-state index contributed by atoms with van der Waals surface area (Å²) in [7, 11) is 0. The number of carbonyl (C=O) groups is 1. The van der Waals surface area contributed by atoms with Crippen molar-refractivity contribution in [3.05, 3.63) is 46.7 Å². The van der Waals surface area contributed by atoms with Gasteiger partial charge < -0.3 is 4.90 Å². The van der Waals surface area contributed by atoms with Crippen molar-refractivity contribution in [2.45, 2.75) is 6.92 Å². The minimum atomic E-state index is -0.430. The van der Waals surface area contributed by atoms with E-state index in [1.807, 2.05) is 6.92 Å². The van der Waals surface area contributed by atoms with E-state index in [1.54, 1.807) is 17.0 Å². The quantitative estimate of drug-likeness (QED) is 0.778. The fraction of sp³-hybridized carbons (Fsp3) is 0.250. The topological polar surface area (TPSA) is 20.3 Å². The second kappa shape index (κ2) is 5.80. The number of rotatable bonds is 4. The molecule has 1 rings (SSSR count). The van der Waals surface area contributed by atoms with E-state index in [9.17, 15) is 9.18 Å². The molecule has 1 aromatic carbocycles. The Morgan fingerprint density at radius 3 is 2.81 bits per heavy atom. The number of amides is 1. The second-order valence-electron chi connectivity index (χ2n) is 3.26. The van der Waals surface area contributed by atoms with Crippen LogP contribution in [0.4, 0.5) is 4.39 Å². The molecule has 0 saturated carbocycles. The smallest absolute Gasteiger partial charge is 0.254 e. The third-order valence-electron chi connectivity index (χ3n) is 2.18. The average Bonchev–Trinajstić information content (AvgIpc) is 2.28. The van der Waals surface area contributed by atoms with Crippen molar-refractivity contribution in [1.29, 1.82) is 0 Å². The summed E-state index contributed by atoms with van der Waals surface area (Å²) in [5.41, 5.74) is 0.351. The highest BCUT2D eigenvalue weighted by Gasteiger charge is 2.14. The molecule has 0 bridgehead atoms. The van der Waals surface area contributed by atoms with Gasteiger partial charge in [-0.2, -0.15) is 0 Å². The van der Waals surface area contributed by atoms with Crippen molar-refractivity contribution in [3.63, 3.8) is 0 Å². The van der Waals surface area contributed by atoms with Crippen LogP contribution >= 0.6 is 15.9 Å². The van der Waals surface area contributed by atoms with Crippen LogP contribution in [0.2, 0.25) is 0 Å². The normalized spacial score (nSPS) is 9.94. The van der Waals surface area contributed by atoms with Crippen LogP contribution in [-0.4, -0.2) is 23.9 Å². The zero-order valence-electron chi connectivity index (χ0n) is 9.04. The SMILES string of the molecule is C=CCN(CC)C(=O)c1ccc(Br)c(F)c1. The molecule has 0 aliphatic heterocycles. The fourth-order valence-electron chi connectivity index (χ4n) is 1.32. The summed E-state index contributed by atoms with van der Waals surface area (Å²) in [5, 5.41) is 0. The summed E-state index contributed by atoms with van der Waals surface area (Å²) in [6.45, 7) is 6.49. The average molecular weight is 286 g/mol. The van der Waals surface area contributed by atoms with Crippen LogP contribution in [0.3, 0.4) is 0 Å². The summed E-state index contributed by atoms with van der Waals surface area (Å²) in [5.74, 6) is -0.616. The molecule has 2 nitrogen and oxygen atoms in total. The fourth-order valence-corrected chi connectivity index (χ4v) is 1.57. The van der Waals surface area contributed by atoms with Crippen molar-refractivity contribution in [2.24, 2.45) is 0 Å². The summed E-state index contributed by atoms with van der Waals surface area (Å²) in [4.78, 5) is 13.5. The van der Waals surface area contributed by atoms with Gasteiger partial charge in [0.15, 0.2) is 0 Å². The van der Waals surface area contributed by atoms with E-state index >= 15 is 0 Å². The zero-order valence-corrected chi connectivity index (χ0v) is 10.6. The lowest BCUT2D eigenvalue weighted by Gasteiger charge is -2.18. The van der Waals surface area contributed by atoms with Gasteiger partial charge in [-0.1, -0.05) is 6.08 Å². The van der Waals surface area contributed by atoms with Gasteiger partial charge >= 0.3 is 0 Å².